The van der Waals surface area contributed by atoms with Gasteiger partial charge in [0.15, 0.2) is 0 Å². The molecular formula is C15H27NO2. The van der Waals surface area contributed by atoms with Crippen molar-refractivity contribution in [1.29, 1.82) is 0 Å². The lowest BCUT2D eigenvalue weighted by Crippen LogP contribution is -2.46. The molecule has 1 unspecified atom stereocenters. The van der Waals surface area contributed by atoms with E-state index in [9.17, 15) is 9.90 Å². The van der Waals surface area contributed by atoms with Crippen molar-refractivity contribution in [1.82, 2.24) is 5.32 Å². The number of rotatable bonds is 9. The van der Waals surface area contributed by atoms with Crippen LogP contribution in [0, 0.1) is 5.92 Å². The van der Waals surface area contributed by atoms with Gasteiger partial charge in [-0.25, -0.2) is 0 Å². The minimum atomic E-state index is -0.681. The van der Waals surface area contributed by atoms with Gasteiger partial charge in [-0.1, -0.05) is 25.3 Å². The van der Waals surface area contributed by atoms with Gasteiger partial charge in [-0.3, -0.25) is 4.79 Å². The summed E-state index contributed by atoms with van der Waals surface area (Å²) in [6, 6.07) is -0.0570. The summed E-state index contributed by atoms with van der Waals surface area (Å²) in [5.74, 6) is -0.349. The van der Waals surface area contributed by atoms with Crippen LogP contribution in [0.2, 0.25) is 0 Å². The van der Waals surface area contributed by atoms with Gasteiger partial charge in [0.1, 0.15) is 6.04 Å². The first-order chi connectivity index (χ1) is 8.65. The van der Waals surface area contributed by atoms with Gasteiger partial charge in [-0.2, -0.15) is 0 Å². The van der Waals surface area contributed by atoms with Crippen LogP contribution in [0.15, 0.2) is 12.7 Å². The number of unbranched alkanes of at least 4 members (excludes halogenated alkanes) is 2. The summed E-state index contributed by atoms with van der Waals surface area (Å²) in [5.41, 5.74) is 0. The van der Waals surface area contributed by atoms with Crippen molar-refractivity contribution in [2.45, 2.75) is 70.4 Å². The Balaban J connectivity index is 2.30. The van der Waals surface area contributed by atoms with E-state index >= 15 is 0 Å². The summed E-state index contributed by atoms with van der Waals surface area (Å²) < 4.78 is 0. The Morgan fingerprint density at radius 3 is 2.67 bits per heavy atom. The van der Waals surface area contributed by atoms with Gasteiger partial charge in [0.2, 0.25) is 0 Å². The van der Waals surface area contributed by atoms with Gasteiger partial charge >= 0.3 is 5.97 Å². The molecule has 0 aromatic carbocycles. The molecule has 104 valence electrons. The zero-order valence-electron chi connectivity index (χ0n) is 11.5. The van der Waals surface area contributed by atoms with Crippen LogP contribution in [0.5, 0.6) is 0 Å². The topological polar surface area (TPSA) is 49.3 Å². The Morgan fingerprint density at radius 1 is 1.44 bits per heavy atom. The third kappa shape index (κ3) is 5.21. The number of carboxylic acids is 1. The fourth-order valence-corrected chi connectivity index (χ4v) is 2.83. The molecule has 0 amide bonds. The summed E-state index contributed by atoms with van der Waals surface area (Å²) >= 11 is 0. The highest BCUT2D eigenvalue weighted by atomic mass is 16.4. The monoisotopic (exact) mass is 253 g/mol. The average molecular weight is 253 g/mol. The first kappa shape index (κ1) is 15.2. The van der Waals surface area contributed by atoms with Gasteiger partial charge in [0, 0.05) is 6.04 Å². The maximum Gasteiger partial charge on any atom is 0.320 e. The Labute approximate surface area is 111 Å². The molecule has 0 bridgehead atoms. The Kier molecular flexibility index (Phi) is 7.02. The van der Waals surface area contributed by atoms with Crippen LogP contribution in [0.1, 0.15) is 58.3 Å². The van der Waals surface area contributed by atoms with Crippen molar-refractivity contribution in [2.75, 3.05) is 0 Å². The molecular weight excluding hydrogens is 226 g/mol. The van der Waals surface area contributed by atoms with Crippen LogP contribution in [0.3, 0.4) is 0 Å². The van der Waals surface area contributed by atoms with Crippen LogP contribution in [0.25, 0.3) is 0 Å². The zero-order chi connectivity index (χ0) is 13.4. The van der Waals surface area contributed by atoms with Crippen molar-refractivity contribution in [3.63, 3.8) is 0 Å². The van der Waals surface area contributed by atoms with Gasteiger partial charge < -0.3 is 10.4 Å². The van der Waals surface area contributed by atoms with E-state index in [1.807, 2.05) is 6.08 Å². The molecule has 1 aliphatic rings. The summed E-state index contributed by atoms with van der Waals surface area (Å²) in [7, 11) is 0. The second-order valence-corrected chi connectivity index (χ2v) is 5.50. The Bertz CT molecular complexity index is 259. The van der Waals surface area contributed by atoms with Gasteiger partial charge in [0.05, 0.1) is 0 Å². The fraction of sp³-hybridized carbons (Fsp3) is 0.800. The highest BCUT2D eigenvalue weighted by Crippen LogP contribution is 2.28. The third-order valence-electron chi connectivity index (χ3n) is 3.90. The Hall–Kier alpha value is -0.830. The molecule has 0 saturated heterocycles. The first-order valence-electron chi connectivity index (χ1n) is 7.25. The molecule has 2 N–H and O–H groups in total. The van der Waals surface area contributed by atoms with Crippen LogP contribution in [-0.2, 0) is 4.79 Å². The zero-order valence-corrected chi connectivity index (χ0v) is 11.5. The molecule has 0 aliphatic heterocycles. The molecule has 1 aliphatic carbocycles. The SMILES string of the molecule is C=CCCCCC(C)N[C@H](C(=O)O)C1CCCC1. The smallest absolute Gasteiger partial charge is 0.320 e. The van der Waals surface area contributed by atoms with E-state index in [1.165, 1.54) is 12.8 Å². The molecule has 0 heterocycles. The van der Waals surface area contributed by atoms with Crippen molar-refractivity contribution < 1.29 is 9.90 Å². The quantitative estimate of drug-likeness (QED) is 0.489. The lowest BCUT2D eigenvalue weighted by molar-refractivity contribution is -0.141. The normalized spacial score (nSPS) is 19.6. The molecule has 0 radical (unpaired) electrons. The molecule has 3 nitrogen and oxygen atoms in total. The van der Waals surface area contributed by atoms with Gasteiger partial charge in [-0.05, 0) is 44.9 Å². The first-order valence-corrected chi connectivity index (χ1v) is 7.25. The molecule has 0 aromatic heterocycles. The third-order valence-corrected chi connectivity index (χ3v) is 3.90. The average Bonchev–Trinajstić information content (AvgIpc) is 2.85. The fourth-order valence-electron chi connectivity index (χ4n) is 2.83. The predicted molar refractivity (Wildman–Crippen MR) is 74.6 cm³/mol. The molecule has 18 heavy (non-hydrogen) atoms. The second kappa shape index (κ2) is 8.30. The molecule has 2 atom stereocenters. The van der Waals surface area contributed by atoms with Crippen LogP contribution in [-0.4, -0.2) is 23.2 Å². The van der Waals surface area contributed by atoms with Crippen LogP contribution < -0.4 is 5.32 Å². The van der Waals surface area contributed by atoms with E-state index in [0.29, 0.717) is 5.92 Å². The molecule has 1 fully saturated rings. The number of allylic oxidation sites excluding steroid dienone is 1. The summed E-state index contributed by atoms with van der Waals surface area (Å²) in [6.45, 7) is 5.80. The van der Waals surface area contributed by atoms with Crippen molar-refractivity contribution in [2.24, 2.45) is 5.92 Å². The molecule has 0 spiro atoms. The summed E-state index contributed by atoms with van der Waals surface area (Å²) in [4.78, 5) is 11.3. The highest BCUT2D eigenvalue weighted by molar-refractivity contribution is 5.74. The van der Waals surface area contributed by atoms with Gasteiger partial charge in [0.25, 0.3) is 0 Å². The number of hydrogen-bond acceptors (Lipinski definition) is 2. The second-order valence-electron chi connectivity index (χ2n) is 5.50. The Morgan fingerprint density at radius 2 is 2.11 bits per heavy atom. The summed E-state index contributed by atoms with van der Waals surface area (Å²) in [5, 5.41) is 12.6. The summed E-state index contributed by atoms with van der Waals surface area (Å²) in [6.07, 6.45) is 10.8. The van der Waals surface area contributed by atoms with Crippen molar-refractivity contribution >= 4 is 5.97 Å². The number of nitrogens with one attached hydrogen (secondary N) is 1. The largest absolute Gasteiger partial charge is 0.480 e. The van der Waals surface area contributed by atoms with Crippen LogP contribution >= 0.6 is 0 Å². The van der Waals surface area contributed by atoms with Crippen molar-refractivity contribution in [3.8, 4) is 0 Å². The maximum atomic E-state index is 11.3. The molecule has 0 aromatic rings. The molecule has 1 saturated carbocycles. The van der Waals surface area contributed by atoms with Crippen molar-refractivity contribution in [3.05, 3.63) is 12.7 Å². The number of carbonyl (C=O) groups is 1. The maximum absolute atomic E-state index is 11.3. The number of carboxylic acid groups (broad SMARTS) is 1. The number of hydrogen-bond donors (Lipinski definition) is 2. The molecule has 3 heteroatoms. The van der Waals surface area contributed by atoms with E-state index in [2.05, 4.69) is 18.8 Å². The lowest BCUT2D eigenvalue weighted by Gasteiger charge is -2.24. The predicted octanol–water partition coefficient (Wildman–Crippen LogP) is 3.35. The minimum absolute atomic E-state index is 0.288. The standard InChI is InChI=1S/C15H27NO2/c1-3-4-5-6-9-12(2)16-14(15(17)18)13-10-7-8-11-13/h3,12-14,16H,1,4-11H2,2H3,(H,17,18)/t12?,14-/m0/s1. The van der Waals surface area contributed by atoms with Gasteiger partial charge in [-0.15, -0.1) is 6.58 Å². The van der Waals surface area contributed by atoms with E-state index in [1.54, 1.807) is 0 Å². The van der Waals surface area contributed by atoms with E-state index in [4.69, 9.17) is 0 Å². The minimum Gasteiger partial charge on any atom is -0.480 e. The van der Waals surface area contributed by atoms with E-state index < -0.39 is 5.97 Å². The number of aliphatic carboxylic acids is 1. The van der Waals surface area contributed by atoms with Crippen LogP contribution in [0.4, 0.5) is 0 Å². The lowest BCUT2D eigenvalue weighted by atomic mass is 9.96. The van der Waals surface area contributed by atoms with E-state index in [0.717, 1.165) is 38.5 Å². The highest BCUT2D eigenvalue weighted by Gasteiger charge is 2.30. The van der Waals surface area contributed by atoms with E-state index in [-0.39, 0.29) is 12.1 Å². The molecule has 1 rings (SSSR count).